The fourth-order valence-electron chi connectivity index (χ4n) is 3.03. The molecule has 5 nitrogen and oxygen atoms in total. The minimum atomic E-state index is -0.689. The number of aryl methyl sites for hydroxylation is 2. The van der Waals surface area contributed by atoms with E-state index in [0.717, 1.165) is 23.1 Å². The second kappa shape index (κ2) is 11.6. The van der Waals surface area contributed by atoms with Crippen LogP contribution in [0.25, 0.3) is 0 Å². The molecular formula is C23H27Cl3N2O3. The molecule has 0 bridgehead atoms. The number of hydrogen-bond donors (Lipinski definition) is 1. The van der Waals surface area contributed by atoms with Crippen LogP contribution in [-0.4, -0.2) is 35.9 Å². The van der Waals surface area contributed by atoms with Crippen molar-refractivity contribution in [3.63, 3.8) is 0 Å². The molecule has 0 aliphatic carbocycles. The van der Waals surface area contributed by atoms with Crippen molar-refractivity contribution in [2.24, 2.45) is 0 Å². The van der Waals surface area contributed by atoms with E-state index in [1.54, 1.807) is 37.3 Å². The van der Waals surface area contributed by atoms with Crippen LogP contribution in [-0.2, 0) is 16.1 Å². The number of halogens is 3. The van der Waals surface area contributed by atoms with E-state index in [4.69, 9.17) is 39.5 Å². The van der Waals surface area contributed by atoms with Crippen molar-refractivity contribution in [3.8, 4) is 5.75 Å². The maximum atomic E-state index is 13.1. The van der Waals surface area contributed by atoms with Gasteiger partial charge in [0.05, 0.1) is 10.0 Å². The van der Waals surface area contributed by atoms with Gasteiger partial charge < -0.3 is 15.0 Å². The number of nitrogens with one attached hydrogen (secondary N) is 1. The van der Waals surface area contributed by atoms with E-state index in [-0.39, 0.29) is 25.0 Å². The molecule has 0 unspecified atom stereocenters. The number of hydrogen-bond acceptors (Lipinski definition) is 3. The van der Waals surface area contributed by atoms with Gasteiger partial charge in [-0.3, -0.25) is 9.59 Å². The van der Waals surface area contributed by atoms with Gasteiger partial charge in [0, 0.05) is 18.1 Å². The third kappa shape index (κ3) is 7.03. The first-order valence-corrected chi connectivity index (χ1v) is 11.2. The summed E-state index contributed by atoms with van der Waals surface area (Å²) in [5, 5.41) is 4.31. The monoisotopic (exact) mass is 484 g/mol. The molecular weight excluding hydrogens is 459 g/mol. The van der Waals surface area contributed by atoms with Crippen LogP contribution in [0.2, 0.25) is 15.1 Å². The van der Waals surface area contributed by atoms with Crippen molar-refractivity contribution in [1.82, 2.24) is 10.2 Å². The van der Waals surface area contributed by atoms with Crippen LogP contribution in [0, 0.1) is 13.8 Å². The van der Waals surface area contributed by atoms with Crippen LogP contribution in [0.4, 0.5) is 0 Å². The van der Waals surface area contributed by atoms with Crippen LogP contribution in [0.15, 0.2) is 30.3 Å². The van der Waals surface area contributed by atoms with Crippen LogP contribution in [0.1, 0.15) is 37.0 Å². The van der Waals surface area contributed by atoms with Crippen molar-refractivity contribution < 1.29 is 14.3 Å². The molecule has 31 heavy (non-hydrogen) atoms. The first kappa shape index (κ1) is 25.3. The predicted molar refractivity (Wildman–Crippen MR) is 126 cm³/mol. The highest BCUT2D eigenvalue weighted by Crippen LogP contribution is 2.26. The van der Waals surface area contributed by atoms with Gasteiger partial charge in [0.25, 0.3) is 5.91 Å². The van der Waals surface area contributed by atoms with Gasteiger partial charge in [-0.2, -0.15) is 0 Å². The summed E-state index contributed by atoms with van der Waals surface area (Å²) >= 11 is 18.3. The van der Waals surface area contributed by atoms with Crippen molar-refractivity contribution >= 4 is 46.6 Å². The molecule has 0 aromatic heterocycles. The second-order valence-electron chi connectivity index (χ2n) is 7.40. The summed E-state index contributed by atoms with van der Waals surface area (Å²) in [6.45, 7) is 7.93. The van der Waals surface area contributed by atoms with E-state index < -0.39 is 6.04 Å². The smallest absolute Gasteiger partial charge is 0.261 e. The molecule has 0 saturated heterocycles. The summed E-state index contributed by atoms with van der Waals surface area (Å²) in [6, 6.07) is 8.00. The molecule has 0 heterocycles. The van der Waals surface area contributed by atoms with Gasteiger partial charge in [0.1, 0.15) is 11.8 Å². The molecule has 0 radical (unpaired) electrons. The van der Waals surface area contributed by atoms with Gasteiger partial charge in [-0.05, 0) is 68.1 Å². The van der Waals surface area contributed by atoms with Crippen molar-refractivity contribution in [2.45, 2.75) is 46.7 Å². The Bertz CT molecular complexity index is 927. The molecule has 1 atom stereocenters. The Morgan fingerprint density at radius 1 is 1.06 bits per heavy atom. The molecule has 1 N–H and O–H groups in total. The summed E-state index contributed by atoms with van der Waals surface area (Å²) in [7, 11) is 0. The largest absolute Gasteiger partial charge is 0.484 e. The van der Waals surface area contributed by atoms with Crippen LogP contribution >= 0.6 is 34.8 Å². The van der Waals surface area contributed by atoms with Gasteiger partial charge in [-0.15, -0.1) is 0 Å². The first-order chi connectivity index (χ1) is 14.6. The molecule has 2 aromatic rings. The number of rotatable bonds is 9. The Morgan fingerprint density at radius 3 is 2.29 bits per heavy atom. The second-order valence-corrected chi connectivity index (χ2v) is 8.59. The lowest BCUT2D eigenvalue weighted by Crippen LogP contribution is -2.49. The van der Waals surface area contributed by atoms with Crippen LogP contribution in [0.5, 0.6) is 5.75 Å². The minimum absolute atomic E-state index is 0.193. The summed E-state index contributed by atoms with van der Waals surface area (Å²) in [5.74, 6) is -0.00533. The SMILES string of the molecule is CCCNC(=O)[C@H](C)N(Cc1ccc(Cl)c(Cl)c1)C(=O)COc1cc(C)c(Cl)c(C)c1. The minimum Gasteiger partial charge on any atom is -0.484 e. The van der Waals surface area contributed by atoms with Gasteiger partial charge >= 0.3 is 0 Å². The molecule has 2 aromatic carbocycles. The average molecular weight is 486 g/mol. The normalized spacial score (nSPS) is 11.7. The average Bonchev–Trinajstić information content (AvgIpc) is 2.74. The van der Waals surface area contributed by atoms with E-state index >= 15 is 0 Å². The van der Waals surface area contributed by atoms with E-state index in [2.05, 4.69) is 5.32 Å². The van der Waals surface area contributed by atoms with Crippen LogP contribution < -0.4 is 10.1 Å². The molecule has 0 saturated carbocycles. The molecule has 0 fully saturated rings. The van der Waals surface area contributed by atoms with E-state index in [1.807, 2.05) is 20.8 Å². The molecule has 2 rings (SSSR count). The molecule has 8 heteroatoms. The number of ether oxygens (including phenoxy) is 1. The first-order valence-electron chi connectivity index (χ1n) is 10.0. The zero-order chi connectivity index (χ0) is 23.1. The lowest BCUT2D eigenvalue weighted by Gasteiger charge is -2.29. The Morgan fingerprint density at radius 2 is 1.71 bits per heavy atom. The number of benzene rings is 2. The fraction of sp³-hybridized carbons (Fsp3) is 0.391. The van der Waals surface area contributed by atoms with Gasteiger partial charge in [-0.25, -0.2) is 0 Å². The summed E-state index contributed by atoms with van der Waals surface area (Å²) in [5.41, 5.74) is 2.49. The third-order valence-electron chi connectivity index (χ3n) is 4.83. The van der Waals surface area contributed by atoms with E-state index in [1.165, 1.54) is 4.90 Å². The number of carbonyl (C=O) groups excluding carboxylic acids is 2. The Labute approximate surface area is 198 Å². The van der Waals surface area contributed by atoms with Gasteiger partial charge in [-0.1, -0.05) is 47.8 Å². The Kier molecular flexibility index (Phi) is 9.48. The van der Waals surface area contributed by atoms with E-state index in [9.17, 15) is 9.59 Å². The lowest BCUT2D eigenvalue weighted by molar-refractivity contribution is -0.142. The van der Waals surface area contributed by atoms with Crippen molar-refractivity contribution in [1.29, 1.82) is 0 Å². The summed E-state index contributed by atoms with van der Waals surface area (Å²) < 4.78 is 5.73. The maximum absolute atomic E-state index is 13.1. The Balaban J connectivity index is 2.20. The van der Waals surface area contributed by atoms with E-state index in [0.29, 0.717) is 27.4 Å². The Hall–Kier alpha value is -1.95. The zero-order valence-electron chi connectivity index (χ0n) is 18.1. The molecule has 0 aliphatic heterocycles. The number of nitrogens with zero attached hydrogens (tertiary/aromatic N) is 1. The quantitative estimate of drug-likeness (QED) is 0.504. The third-order valence-corrected chi connectivity index (χ3v) is 6.16. The van der Waals surface area contributed by atoms with Crippen molar-refractivity contribution in [2.75, 3.05) is 13.2 Å². The highest BCUT2D eigenvalue weighted by molar-refractivity contribution is 6.42. The summed E-state index contributed by atoms with van der Waals surface area (Å²) in [4.78, 5) is 27.1. The van der Waals surface area contributed by atoms with Crippen molar-refractivity contribution in [3.05, 3.63) is 62.1 Å². The standard InChI is InChI=1S/C23H27Cl3N2O3/c1-5-8-27-23(30)16(4)28(12-17-6-7-19(24)20(25)11-17)21(29)13-31-18-9-14(2)22(26)15(3)10-18/h6-7,9-11,16H,5,8,12-13H2,1-4H3,(H,27,30)/t16-/m0/s1. The molecule has 0 aliphatic rings. The fourth-order valence-corrected chi connectivity index (χ4v) is 3.46. The topological polar surface area (TPSA) is 58.6 Å². The molecule has 0 spiro atoms. The van der Waals surface area contributed by atoms with Gasteiger partial charge in [0.2, 0.25) is 5.91 Å². The maximum Gasteiger partial charge on any atom is 0.261 e. The predicted octanol–water partition coefficient (Wildman–Crippen LogP) is 5.59. The number of carbonyl (C=O) groups is 2. The lowest BCUT2D eigenvalue weighted by atomic mass is 10.1. The summed E-state index contributed by atoms with van der Waals surface area (Å²) in [6.07, 6.45) is 0.803. The highest BCUT2D eigenvalue weighted by atomic mass is 35.5. The molecule has 2 amide bonds. The number of amides is 2. The van der Waals surface area contributed by atoms with Gasteiger partial charge in [0.15, 0.2) is 6.61 Å². The zero-order valence-corrected chi connectivity index (χ0v) is 20.4. The highest BCUT2D eigenvalue weighted by Gasteiger charge is 2.26. The van der Waals surface area contributed by atoms with Crippen LogP contribution in [0.3, 0.4) is 0 Å². The molecule has 168 valence electrons.